The molecule has 1 aromatic heterocycles. The quantitative estimate of drug-likeness (QED) is 0.738. The summed E-state index contributed by atoms with van der Waals surface area (Å²) >= 11 is 0. The summed E-state index contributed by atoms with van der Waals surface area (Å²) in [6.07, 6.45) is 4.77. The van der Waals surface area contributed by atoms with Gasteiger partial charge in [0.25, 0.3) is 0 Å². The number of aliphatic hydroxyl groups is 1. The average Bonchev–Trinajstić information content (AvgIpc) is 2.93. The first-order chi connectivity index (χ1) is 9.81. The predicted molar refractivity (Wildman–Crippen MR) is 76.8 cm³/mol. The molecule has 2 unspecified atom stereocenters. The second-order valence-electron chi connectivity index (χ2n) is 4.49. The Morgan fingerprint density at radius 2 is 1.75 bits per heavy atom. The van der Waals surface area contributed by atoms with Gasteiger partial charge in [0, 0.05) is 0 Å². The van der Waals surface area contributed by atoms with Crippen molar-refractivity contribution in [1.29, 1.82) is 0 Å². The molecule has 0 aliphatic carbocycles. The Bertz CT molecular complexity index is 758. The molecule has 2 aromatic carbocycles. The fourth-order valence-electron chi connectivity index (χ4n) is 2.22. The van der Waals surface area contributed by atoms with Crippen LogP contribution >= 0.6 is 0 Å². The number of benzene rings is 2. The van der Waals surface area contributed by atoms with Gasteiger partial charge in [-0.2, -0.15) is 0 Å². The maximum atomic E-state index is 10.5. The van der Waals surface area contributed by atoms with Gasteiger partial charge >= 0.3 is 0 Å². The van der Waals surface area contributed by atoms with Crippen LogP contribution in [0.3, 0.4) is 0 Å². The van der Waals surface area contributed by atoms with Crippen LogP contribution in [0.1, 0.15) is 17.7 Å². The van der Waals surface area contributed by atoms with E-state index < -0.39 is 12.1 Å². The number of aliphatic hydroxyl groups excluding tert-OH is 1. The Labute approximate surface area is 116 Å². The van der Waals surface area contributed by atoms with E-state index in [4.69, 9.17) is 6.42 Å². The zero-order valence-electron chi connectivity index (χ0n) is 10.7. The molecule has 0 aliphatic rings. The summed E-state index contributed by atoms with van der Waals surface area (Å²) in [7, 11) is 0. The normalized spacial score (nSPS) is 13.8. The van der Waals surface area contributed by atoms with Gasteiger partial charge in [0.2, 0.25) is 0 Å². The summed E-state index contributed by atoms with van der Waals surface area (Å²) in [6.45, 7) is 0. The molecular weight excluding hydrogens is 250 g/mol. The van der Waals surface area contributed by atoms with Crippen LogP contribution in [0.2, 0.25) is 0 Å². The molecule has 0 fully saturated rings. The maximum Gasteiger partial charge on any atom is 0.144 e. The summed E-state index contributed by atoms with van der Waals surface area (Å²) in [5, 5.41) is 18.6. The SMILES string of the molecule is C#CC(C(O)c1ccccc1)n1nnc2ccccc21. The zero-order valence-corrected chi connectivity index (χ0v) is 10.7. The minimum absolute atomic E-state index is 0.593. The van der Waals surface area contributed by atoms with Crippen LogP contribution in [-0.2, 0) is 0 Å². The number of fused-ring (bicyclic) bond motifs is 1. The molecule has 20 heavy (non-hydrogen) atoms. The molecule has 0 aliphatic heterocycles. The van der Waals surface area contributed by atoms with Crippen LogP contribution in [0, 0.1) is 12.3 Å². The first-order valence-corrected chi connectivity index (χ1v) is 6.30. The molecule has 3 rings (SSSR count). The third kappa shape index (κ3) is 2.04. The largest absolute Gasteiger partial charge is 0.385 e. The number of nitrogens with zero attached hydrogens (tertiary/aromatic N) is 3. The van der Waals surface area contributed by atoms with Gasteiger partial charge in [-0.1, -0.05) is 53.6 Å². The minimum atomic E-state index is -0.827. The van der Waals surface area contributed by atoms with Gasteiger partial charge < -0.3 is 5.11 Å². The lowest BCUT2D eigenvalue weighted by molar-refractivity contribution is 0.134. The molecule has 0 bridgehead atoms. The van der Waals surface area contributed by atoms with Crippen molar-refractivity contribution in [3.8, 4) is 12.3 Å². The van der Waals surface area contributed by atoms with Gasteiger partial charge in [-0.05, 0) is 17.7 Å². The fourth-order valence-corrected chi connectivity index (χ4v) is 2.22. The molecule has 1 heterocycles. The third-order valence-electron chi connectivity index (χ3n) is 3.25. The summed E-state index contributed by atoms with van der Waals surface area (Å²) in [5.41, 5.74) is 2.33. The molecule has 4 nitrogen and oxygen atoms in total. The van der Waals surface area contributed by atoms with Gasteiger partial charge in [-0.25, -0.2) is 4.68 Å². The van der Waals surface area contributed by atoms with Crippen molar-refractivity contribution >= 4 is 11.0 Å². The lowest BCUT2D eigenvalue weighted by atomic mass is 10.0. The van der Waals surface area contributed by atoms with Crippen molar-refractivity contribution in [2.75, 3.05) is 0 Å². The average molecular weight is 263 g/mol. The third-order valence-corrected chi connectivity index (χ3v) is 3.25. The van der Waals surface area contributed by atoms with Crippen LogP contribution < -0.4 is 0 Å². The van der Waals surface area contributed by atoms with Gasteiger partial charge in [-0.3, -0.25) is 0 Å². The molecule has 98 valence electrons. The lowest BCUT2D eigenvalue weighted by Gasteiger charge is -2.18. The topological polar surface area (TPSA) is 50.9 Å². The number of hydrogen-bond donors (Lipinski definition) is 1. The van der Waals surface area contributed by atoms with E-state index in [2.05, 4.69) is 16.2 Å². The zero-order chi connectivity index (χ0) is 13.9. The lowest BCUT2D eigenvalue weighted by Crippen LogP contribution is -2.17. The monoisotopic (exact) mass is 263 g/mol. The van der Waals surface area contributed by atoms with Crippen molar-refractivity contribution in [3.05, 3.63) is 60.2 Å². The van der Waals surface area contributed by atoms with Crippen molar-refractivity contribution < 1.29 is 5.11 Å². The Morgan fingerprint density at radius 3 is 2.50 bits per heavy atom. The first-order valence-electron chi connectivity index (χ1n) is 6.30. The van der Waals surface area contributed by atoms with Crippen LogP contribution in [-0.4, -0.2) is 20.1 Å². The fraction of sp³-hybridized carbons (Fsp3) is 0.125. The molecular formula is C16H13N3O. The Hall–Kier alpha value is -2.64. The van der Waals surface area contributed by atoms with Gasteiger partial charge in [0.15, 0.2) is 0 Å². The van der Waals surface area contributed by atoms with Crippen molar-refractivity contribution in [2.24, 2.45) is 0 Å². The van der Waals surface area contributed by atoms with E-state index in [1.54, 1.807) is 4.68 Å². The second kappa shape index (κ2) is 5.16. The maximum absolute atomic E-state index is 10.5. The van der Waals surface area contributed by atoms with E-state index in [1.807, 2.05) is 54.6 Å². The Balaban J connectivity index is 2.04. The highest BCUT2D eigenvalue weighted by atomic mass is 16.3. The Morgan fingerprint density at radius 1 is 1.05 bits per heavy atom. The molecule has 0 amide bonds. The number of terminal acetylenes is 1. The van der Waals surface area contributed by atoms with E-state index in [9.17, 15) is 5.11 Å². The van der Waals surface area contributed by atoms with Gasteiger partial charge in [-0.15, -0.1) is 11.5 Å². The van der Waals surface area contributed by atoms with E-state index >= 15 is 0 Å². The molecule has 1 N–H and O–H groups in total. The smallest absolute Gasteiger partial charge is 0.144 e. The second-order valence-corrected chi connectivity index (χ2v) is 4.49. The van der Waals surface area contributed by atoms with Crippen LogP contribution in [0.25, 0.3) is 11.0 Å². The molecule has 0 saturated heterocycles. The van der Waals surface area contributed by atoms with E-state index in [0.717, 1.165) is 16.6 Å². The molecule has 2 atom stereocenters. The van der Waals surface area contributed by atoms with Gasteiger partial charge in [0.05, 0.1) is 5.52 Å². The number of hydrogen-bond acceptors (Lipinski definition) is 3. The Kier molecular flexibility index (Phi) is 3.20. The number of rotatable bonds is 3. The highest BCUT2D eigenvalue weighted by Crippen LogP contribution is 2.27. The predicted octanol–water partition coefficient (Wildman–Crippen LogP) is 2.34. The van der Waals surface area contributed by atoms with Crippen molar-refractivity contribution in [2.45, 2.75) is 12.1 Å². The van der Waals surface area contributed by atoms with Gasteiger partial charge in [0.1, 0.15) is 17.7 Å². The summed E-state index contributed by atoms with van der Waals surface area (Å²) in [4.78, 5) is 0. The molecule has 4 heteroatoms. The van der Waals surface area contributed by atoms with E-state index in [0.29, 0.717) is 0 Å². The summed E-state index contributed by atoms with van der Waals surface area (Å²) < 4.78 is 1.59. The highest BCUT2D eigenvalue weighted by molar-refractivity contribution is 5.74. The van der Waals surface area contributed by atoms with E-state index in [-0.39, 0.29) is 0 Å². The van der Waals surface area contributed by atoms with Crippen LogP contribution in [0.15, 0.2) is 54.6 Å². The van der Waals surface area contributed by atoms with Crippen LogP contribution in [0.4, 0.5) is 0 Å². The minimum Gasteiger partial charge on any atom is -0.385 e. The summed E-state index contributed by atoms with van der Waals surface area (Å²) in [6, 6.07) is 16.2. The molecule has 0 saturated carbocycles. The van der Waals surface area contributed by atoms with Crippen molar-refractivity contribution in [3.63, 3.8) is 0 Å². The molecule has 3 aromatic rings. The van der Waals surface area contributed by atoms with Crippen LogP contribution in [0.5, 0.6) is 0 Å². The molecule has 0 radical (unpaired) electrons. The number of aromatic nitrogens is 3. The first kappa shape index (κ1) is 12.4. The number of para-hydroxylation sites is 1. The standard InChI is InChI=1S/C16H13N3O/c1-2-14(16(20)12-8-4-3-5-9-12)19-15-11-7-6-10-13(15)17-18-19/h1,3-11,14,16,20H. The van der Waals surface area contributed by atoms with Crippen molar-refractivity contribution in [1.82, 2.24) is 15.0 Å². The van der Waals surface area contributed by atoms with E-state index in [1.165, 1.54) is 0 Å². The highest BCUT2D eigenvalue weighted by Gasteiger charge is 2.23. The summed E-state index contributed by atoms with van der Waals surface area (Å²) in [5.74, 6) is 2.61. The molecule has 0 spiro atoms.